The molecule has 0 fully saturated rings. The van der Waals surface area contributed by atoms with Gasteiger partial charge < -0.3 is 0 Å². The maximum atomic E-state index is 12.4. The molecule has 0 aliphatic carbocycles. The third kappa shape index (κ3) is 2.27. The molecule has 0 radical (unpaired) electrons. The van der Waals surface area contributed by atoms with Gasteiger partial charge in [0, 0.05) is 6.54 Å². The molecule has 0 saturated carbocycles. The van der Waals surface area contributed by atoms with Gasteiger partial charge in [-0.25, -0.2) is 8.78 Å². The van der Waals surface area contributed by atoms with E-state index in [-0.39, 0.29) is 0 Å². The van der Waals surface area contributed by atoms with E-state index < -0.39 is 12.5 Å². The summed E-state index contributed by atoms with van der Waals surface area (Å²) in [7, 11) is 1.76. The Bertz CT molecular complexity index is 177. The maximum Gasteiger partial charge on any atom is 0.253 e. The van der Waals surface area contributed by atoms with E-state index >= 15 is 0 Å². The van der Waals surface area contributed by atoms with Crippen molar-refractivity contribution in [2.75, 3.05) is 13.6 Å². The van der Waals surface area contributed by atoms with Crippen LogP contribution in [0.5, 0.6) is 0 Å². The van der Waals surface area contributed by atoms with Crippen LogP contribution in [0, 0.1) is 0 Å². The number of allylic oxidation sites excluding steroid dienone is 1. The molecule has 0 N–H and O–H groups in total. The largest absolute Gasteiger partial charge is 0.294 e. The molecule has 0 aromatic heterocycles. The minimum atomic E-state index is -2.21. The quantitative estimate of drug-likeness (QED) is 0.553. The second kappa shape index (κ2) is 3.99. The van der Waals surface area contributed by atoms with E-state index in [1.165, 1.54) is 5.57 Å². The highest BCUT2D eigenvalue weighted by molar-refractivity contribution is 5.03. The van der Waals surface area contributed by atoms with E-state index in [2.05, 4.69) is 0 Å². The van der Waals surface area contributed by atoms with E-state index in [9.17, 15) is 8.78 Å². The SMILES string of the molecule is CC1=CCN(C)[C@H](C(F)F)CC1. The first-order valence-electron chi connectivity index (χ1n) is 4.25. The molecular formula is C9H15F2N. The lowest BCUT2D eigenvalue weighted by atomic mass is 10.1. The van der Waals surface area contributed by atoms with Crippen LogP contribution in [0.1, 0.15) is 19.8 Å². The van der Waals surface area contributed by atoms with Crippen molar-refractivity contribution in [3.8, 4) is 0 Å². The smallest absolute Gasteiger partial charge is 0.253 e. The van der Waals surface area contributed by atoms with Crippen LogP contribution in [-0.2, 0) is 0 Å². The summed E-state index contributed by atoms with van der Waals surface area (Å²) < 4.78 is 24.8. The Morgan fingerprint density at radius 2 is 2.25 bits per heavy atom. The standard InChI is InChI=1S/C9H15F2N/c1-7-3-4-8(9(10)11)12(2)6-5-7/h5,8-9H,3-4,6H2,1-2H3/t8-/m0/s1. The molecule has 12 heavy (non-hydrogen) atoms. The maximum absolute atomic E-state index is 12.4. The monoisotopic (exact) mass is 175 g/mol. The van der Waals surface area contributed by atoms with Crippen molar-refractivity contribution in [2.24, 2.45) is 0 Å². The van der Waals surface area contributed by atoms with Crippen LogP contribution in [0.15, 0.2) is 11.6 Å². The van der Waals surface area contributed by atoms with Gasteiger partial charge in [-0.15, -0.1) is 0 Å². The van der Waals surface area contributed by atoms with Crippen LogP contribution in [0.25, 0.3) is 0 Å². The van der Waals surface area contributed by atoms with Gasteiger partial charge in [0.1, 0.15) is 0 Å². The molecule has 1 nitrogen and oxygen atoms in total. The summed E-state index contributed by atoms with van der Waals surface area (Å²) in [5.41, 5.74) is 1.23. The van der Waals surface area contributed by atoms with Crippen molar-refractivity contribution in [3.63, 3.8) is 0 Å². The zero-order valence-electron chi connectivity index (χ0n) is 7.56. The van der Waals surface area contributed by atoms with Gasteiger partial charge in [-0.2, -0.15) is 0 Å². The van der Waals surface area contributed by atoms with Crippen molar-refractivity contribution in [1.29, 1.82) is 0 Å². The fourth-order valence-corrected chi connectivity index (χ4v) is 1.45. The third-order valence-corrected chi connectivity index (χ3v) is 2.42. The molecule has 0 unspecified atom stereocenters. The van der Waals surface area contributed by atoms with Crippen molar-refractivity contribution in [1.82, 2.24) is 4.90 Å². The van der Waals surface area contributed by atoms with E-state index in [0.29, 0.717) is 13.0 Å². The molecule has 1 heterocycles. The molecule has 0 spiro atoms. The van der Waals surface area contributed by atoms with Gasteiger partial charge in [0.25, 0.3) is 6.43 Å². The van der Waals surface area contributed by atoms with Gasteiger partial charge in [0.15, 0.2) is 0 Å². The first-order chi connectivity index (χ1) is 5.61. The molecule has 1 aliphatic heterocycles. The van der Waals surface area contributed by atoms with Crippen LogP contribution in [0.2, 0.25) is 0 Å². The van der Waals surface area contributed by atoms with Gasteiger partial charge in [0.2, 0.25) is 0 Å². The zero-order valence-corrected chi connectivity index (χ0v) is 7.56. The van der Waals surface area contributed by atoms with Gasteiger partial charge in [-0.05, 0) is 26.8 Å². The Labute approximate surface area is 72.1 Å². The fraction of sp³-hybridized carbons (Fsp3) is 0.778. The Kier molecular flexibility index (Phi) is 3.20. The number of halogens is 2. The van der Waals surface area contributed by atoms with Crippen molar-refractivity contribution >= 4 is 0 Å². The topological polar surface area (TPSA) is 3.24 Å². The van der Waals surface area contributed by atoms with Crippen molar-refractivity contribution in [2.45, 2.75) is 32.2 Å². The Morgan fingerprint density at radius 1 is 1.58 bits per heavy atom. The van der Waals surface area contributed by atoms with Gasteiger partial charge in [-0.1, -0.05) is 11.6 Å². The van der Waals surface area contributed by atoms with Gasteiger partial charge in [-0.3, -0.25) is 4.90 Å². The number of nitrogens with zero attached hydrogens (tertiary/aromatic N) is 1. The summed E-state index contributed by atoms with van der Waals surface area (Å²) >= 11 is 0. The lowest BCUT2D eigenvalue weighted by Crippen LogP contribution is -2.36. The minimum absolute atomic E-state index is 0.557. The highest BCUT2D eigenvalue weighted by Gasteiger charge is 2.25. The lowest BCUT2D eigenvalue weighted by Gasteiger charge is -2.24. The van der Waals surface area contributed by atoms with Crippen LogP contribution < -0.4 is 0 Å². The average Bonchev–Trinajstić information content (AvgIpc) is 2.14. The predicted molar refractivity (Wildman–Crippen MR) is 45.4 cm³/mol. The molecule has 0 aromatic carbocycles. The van der Waals surface area contributed by atoms with Crippen LogP contribution >= 0.6 is 0 Å². The Hall–Kier alpha value is -0.440. The number of rotatable bonds is 1. The van der Waals surface area contributed by atoms with Gasteiger partial charge >= 0.3 is 0 Å². The summed E-state index contributed by atoms with van der Waals surface area (Å²) in [5.74, 6) is 0. The summed E-state index contributed by atoms with van der Waals surface area (Å²) in [6.45, 7) is 2.66. The average molecular weight is 175 g/mol. The van der Waals surface area contributed by atoms with E-state index in [4.69, 9.17) is 0 Å². The molecule has 0 bridgehead atoms. The molecule has 70 valence electrons. The summed E-state index contributed by atoms with van der Waals surface area (Å²) in [6.07, 6.45) is 1.20. The molecule has 0 saturated heterocycles. The van der Waals surface area contributed by atoms with Gasteiger partial charge in [0.05, 0.1) is 6.04 Å². The number of likely N-dealkylation sites (N-methyl/N-ethyl adjacent to an activating group) is 1. The highest BCUT2D eigenvalue weighted by atomic mass is 19.3. The first kappa shape index (κ1) is 9.65. The molecule has 1 aliphatic rings. The van der Waals surface area contributed by atoms with E-state index in [0.717, 1.165) is 6.42 Å². The van der Waals surface area contributed by atoms with Crippen molar-refractivity contribution in [3.05, 3.63) is 11.6 Å². The molecule has 3 heteroatoms. The third-order valence-electron chi connectivity index (χ3n) is 2.42. The molecule has 1 atom stereocenters. The molecular weight excluding hydrogens is 160 g/mol. The van der Waals surface area contributed by atoms with Crippen molar-refractivity contribution < 1.29 is 8.78 Å². The lowest BCUT2D eigenvalue weighted by molar-refractivity contribution is 0.0405. The zero-order chi connectivity index (χ0) is 9.14. The van der Waals surface area contributed by atoms with Crippen LogP contribution in [-0.4, -0.2) is 31.0 Å². The normalized spacial score (nSPS) is 27.1. The number of alkyl halides is 2. The molecule has 0 aromatic rings. The fourth-order valence-electron chi connectivity index (χ4n) is 1.45. The van der Waals surface area contributed by atoms with E-state index in [1.807, 2.05) is 13.0 Å². The number of hydrogen-bond acceptors (Lipinski definition) is 1. The number of hydrogen-bond donors (Lipinski definition) is 0. The van der Waals surface area contributed by atoms with Crippen LogP contribution in [0.3, 0.4) is 0 Å². The minimum Gasteiger partial charge on any atom is -0.294 e. The van der Waals surface area contributed by atoms with Crippen LogP contribution in [0.4, 0.5) is 8.78 Å². The predicted octanol–water partition coefficient (Wildman–Crippen LogP) is 2.29. The van der Waals surface area contributed by atoms with E-state index in [1.54, 1.807) is 11.9 Å². The Balaban J connectivity index is 2.58. The summed E-state index contributed by atoms with van der Waals surface area (Å²) in [4.78, 5) is 1.72. The summed E-state index contributed by atoms with van der Waals surface area (Å²) in [5, 5.41) is 0. The molecule has 1 rings (SSSR count). The Morgan fingerprint density at radius 3 is 2.83 bits per heavy atom. The summed E-state index contributed by atoms with van der Waals surface area (Å²) in [6, 6.07) is -0.557. The molecule has 0 amide bonds. The second-order valence-corrected chi connectivity index (χ2v) is 3.43. The second-order valence-electron chi connectivity index (χ2n) is 3.43. The highest BCUT2D eigenvalue weighted by Crippen LogP contribution is 2.20. The first-order valence-corrected chi connectivity index (χ1v) is 4.25.